The van der Waals surface area contributed by atoms with Crippen LogP contribution in [0.15, 0.2) is 53.7 Å². The van der Waals surface area contributed by atoms with Gasteiger partial charge in [-0.15, -0.1) is 10.2 Å². The molecule has 2 aromatic carbocycles. The summed E-state index contributed by atoms with van der Waals surface area (Å²) in [4.78, 5) is 15.0. The number of carbonyl (C=O) groups excluding carboxylic acids is 1. The maximum absolute atomic E-state index is 12.6. The minimum Gasteiger partial charge on any atom is -0.351 e. The Bertz CT molecular complexity index is 1050. The summed E-state index contributed by atoms with van der Waals surface area (Å²) in [6, 6.07) is 17.0. The Hall–Kier alpha value is -2.64. The van der Waals surface area contributed by atoms with Crippen molar-refractivity contribution in [1.82, 2.24) is 25.0 Å². The standard InChI is InChI=1S/C24H29N5OS/c1-17-9-10-18(2)22(13-17)29-19(3)26-27-24(29)31-16-23(30)25-21-11-12-28(15-21)14-20-7-5-4-6-8-20/h4-10,13,21H,11-12,14-16H2,1-3H3,(H,25,30). The van der Waals surface area contributed by atoms with Crippen molar-refractivity contribution in [3.8, 4) is 5.69 Å². The quantitative estimate of drug-likeness (QED) is 0.574. The summed E-state index contributed by atoms with van der Waals surface area (Å²) in [5.74, 6) is 1.20. The Labute approximate surface area is 188 Å². The van der Waals surface area contributed by atoms with E-state index < -0.39 is 0 Å². The van der Waals surface area contributed by atoms with Gasteiger partial charge >= 0.3 is 0 Å². The fourth-order valence-electron chi connectivity index (χ4n) is 4.01. The molecule has 0 radical (unpaired) electrons. The van der Waals surface area contributed by atoms with Crippen LogP contribution in [0.4, 0.5) is 0 Å². The third-order valence-electron chi connectivity index (χ3n) is 5.62. The molecule has 0 aliphatic carbocycles. The lowest BCUT2D eigenvalue weighted by Crippen LogP contribution is -2.38. The Morgan fingerprint density at radius 2 is 1.94 bits per heavy atom. The minimum absolute atomic E-state index is 0.0460. The van der Waals surface area contributed by atoms with Crippen molar-refractivity contribution in [3.63, 3.8) is 0 Å². The highest BCUT2D eigenvalue weighted by Gasteiger charge is 2.24. The van der Waals surface area contributed by atoms with Crippen molar-refractivity contribution in [1.29, 1.82) is 0 Å². The first kappa shape index (κ1) is 21.6. The van der Waals surface area contributed by atoms with Crippen molar-refractivity contribution in [2.45, 2.75) is 44.9 Å². The second-order valence-electron chi connectivity index (χ2n) is 8.22. The van der Waals surface area contributed by atoms with Gasteiger partial charge in [-0.25, -0.2) is 0 Å². The molecule has 1 atom stereocenters. The number of nitrogens with zero attached hydrogens (tertiary/aromatic N) is 4. The maximum Gasteiger partial charge on any atom is 0.230 e. The molecule has 1 saturated heterocycles. The number of thioether (sulfide) groups is 1. The molecule has 1 unspecified atom stereocenters. The van der Waals surface area contributed by atoms with Crippen LogP contribution in [0.5, 0.6) is 0 Å². The van der Waals surface area contributed by atoms with Crippen LogP contribution in [0.1, 0.15) is 28.9 Å². The van der Waals surface area contributed by atoms with Crippen LogP contribution in [0.25, 0.3) is 5.69 Å². The van der Waals surface area contributed by atoms with Gasteiger partial charge < -0.3 is 5.32 Å². The predicted octanol–water partition coefficient (Wildman–Crippen LogP) is 3.68. The van der Waals surface area contributed by atoms with Crippen molar-refractivity contribution in [2.75, 3.05) is 18.8 Å². The first-order chi connectivity index (χ1) is 15.0. The van der Waals surface area contributed by atoms with E-state index >= 15 is 0 Å². The lowest BCUT2D eigenvalue weighted by Gasteiger charge is -2.17. The van der Waals surface area contributed by atoms with Gasteiger partial charge in [-0.05, 0) is 49.9 Å². The molecular weight excluding hydrogens is 406 g/mol. The molecule has 6 nitrogen and oxygen atoms in total. The number of aryl methyl sites for hydroxylation is 3. The van der Waals surface area contributed by atoms with Crippen LogP contribution >= 0.6 is 11.8 Å². The Balaban J connectivity index is 1.32. The van der Waals surface area contributed by atoms with Gasteiger partial charge in [0.15, 0.2) is 5.16 Å². The van der Waals surface area contributed by atoms with Crippen molar-refractivity contribution in [3.05, 3.63) is 71.0 Å². The number of carbonyl (C=O) groups is 1. The third-order valence-corrected chi connectivity index (χ3v) is 6.55. The van der Waals surface area contributed by atoms with Crippen LogP contribution in [0, 0.1) is 20.8 Å². The average Bonchev–Trinajstić information content (AvgIpc) is 3.35. The minimum atomic E-state index is 0.0460. The molecule has 31 heavy (non-hydrogen) atoms. The van der Waals surface area contributed by atoms with E-state index in [4.69, 9.17) is 0 Å². The predicted molar refractivity (Wildman–Crippen MR) is 125 cm³/mol. The highest BCUT2D eigenvalue weighted by Crippen LogP contribution is 2.25. The summed E-state index contributed by atoms with van der Waals surface area (Å²) in [7, 11) is 0. The van der Waals surface area contributed by atoms with E-state index in [2.05, 4.69) is 76.7 Å². The Kier molecular flexibility index (Phi) is 6.73. The lowest BCUT2D eigenvalue weighted by atomic mass is 10.1. The van der Waals surface area contributed by atoms with Crippen LogP contribution in [-0.2, 0) is 11.3 Å². The lowest BCUT2D eigenvalue weighted by molar-refractivity contribution is -0.119. The van der Waals surface area contributed by atoms with Crippen molar-refractivity contribution < 1.29 is 4.79 Å². The van der Waals surface area contributed by atoms with Crippen molar-refractivity contribution >= 4 is 17.7 Å². The molecule has 1 fully saturated rings. The SMILES string of the molecule is Cc1ccc(C)c(-n2c(C)nnc2SCC(=O)NC2CCN(Cc3ccccc3)C2)c1. The summed E-state index contributed by atoms with van der Waals surface area (Å²) in [5.41, 5.74) is 4.72. The summed E-state index contributed by atoms with van der Waals surface area (Å²) in [5, 5.41) is 12.5. The van der Waals surface area contributed by atoms with Crippen LogP contribution in [0.2, 0.25) is 0 Å². The smallest absolute Gasteiger partial charge is 0.230 e. The number of rotatable bonds is 7. The van der Waals surface area contributed by atoms with E-state index in [9.17, 15) is 4.79 Å². The summed E-state index contributed by atoms with van der Waals surface area (Å²) in [6.07, 6.45) is 0.987. The zero-order chi connectivity index (χ0) is 21.8. The van der Waals surface area contributed by atoms with Crippen LogP contribution in [-0.4, -0.2) is 50.5 Å². The first-order valence-corrected chi connectivity index (χ1v) is 11.7. The highest BCUT2D eigenvalue weighted by atomic mass is 32.2. The van der Waals surface area contributed by atoms with Gasteiger partial charge in [-0.2, -0.15) is 0 Å². The number of likely N-dealkylation sites (tertiary alicyclic amines) is 1. The molecule has 162 valence electrons. The van der Waals surface area contributed by atoms with Gasteiger partial charge in [-0.1, -0.05) is 54.2 Å². The molecule has 1 aliphatic rings. The van der Waals surface area contributed by atoms with E-state index in [1.165, 1.54) is 22.9 Å². The summed E-state index contributed by atoms with van der Waals surface area (Å²) in [6.45, 7) is 8.93. The van der Waals surface area contributed by atoms with Gasteiger partial charge in [-0.3, -0.25) is 14.3 Å². The van der Waals surface area contributed by atoms with Gasteiger partial charge in [0, 0.05) is 25.7 Å². The zero-order valence-electron chi connectivity index (χ0n) is 18.3. The van der Waals surface area contributed by atoms with E-state index in [-0.39, 0.29) is 11.9 Å². The number of hydrogen-bond donors (Lipinski definition) is 1. The number of aromatic nitrogens is 3. The largest absolute Gasteiger partial charge is 0.351 e. The first-order valence-electron chi connectivity index (χ1n) is 10.7. The molecule has 1 N–H and O–H groups in total. The monoisotopic (exact) mass is 435 g/mol. The van der Waals surface area contributed by atoms with Crippen LogP contribution in [0.3, 0.4) is 0 Å². The average molecular weight is 436 g/mol. The van der Waals surface area contributed by atoms with Crippen molar-refractivity contribution in [2.24, 2.45) is 0 Å². The molecule has 3 aromatic rings. The third kappa shape index (κ3) is 5.35. The molecule has 1 aliphatic heterocycles. The molecule has 1 aromatic heterocycles. The van der Waals surface area contributed by atoms with Crippen LogP contribution < -0.4 is 5.32 Å². The number of amides is 1. The van der Waals surface area contributed by atoms with E-state index in [1.807, 2.05) is 17.6 Å². The molecule has 0 saturated carbocycles. The number of nitrogens with one attached hydrogen (secondary N) is 1. The van der Waals surface area contributed by atoms with Gasteiger partial charge in [0.25, 0.3) is 0 Å². The Morgan fingerprint density at radius 1 is 1.13 bits per heavy atom. The van der Waals surface area contributed by atoms with E-state index in [0.29, 0.717) is 5.75 Å². The number of benzene rings is 2. The number of hydrogen-bond acceptors (Lipinski definition) is 5. The Morgan fingerprint density at radius 3 is 2.74 bits per heavy atom. The molecule has 1 amide bonds. The fraction of sp³-hybridized carbons (Fsp3) is 0.375. The molecule has 2 heterocycles. The highest BCUT2D eigenvalue weighted by molar-refractivity contribution is 7.99. The summed E-state index contributed by atoms with van der Waals surface area (Å²) < 4.78 is 2.04. The van der Waals surface area contributed by atoms with Gasteiger partial charge in [0.2, 0.25) is 5.91 Å². The summed E-state index contributed by atoms with van der Waals surface area (Å²) >= 11 is 1.44. The molecule has 0 spiro atoms. The fourth-order valence-corrected chi connectivity index (χ4v) is 4.81. The second kappa shape index (κ2) is 9.66. The molecule has 7 heteroatoms. The van der Waals surface area contributed by atoms with E-state index in [1.54, 1.807) is 0 Å². The normalized spacial score (nSPS) is 16.5. The molecular formula is C24H29N5OS. The second-order valence-corrected chi connectivity index (χ2v) is 9.16. The maximum atomic E-state index is 12.6. The van der Waals surface area contributed by atoms with E-state index in [0.717, 1.165) is 48.3 Å². The van der Waals surface area contributed by atoms with Gasteiger partial charge in [0.1, 0.15) is 5.82 Å². The molecule has 4 rings (SSSR count). The van der Waals surface area contributed by atoms with Gasteiger partial charge in [0.05, 0.1) is 11.4 Å². The topological polar surface area (TPSA) is 63.1 Å². The molecule has 0 bridgehead atoms. The zero-order valence-corrected chi connectivity index (χ0v) is 19.2.